The molecule has 1 aromatic carbocycles. The zero-order valence-corrected chi connectivity index (χ0v) is 17.4. The van der Waals surface area contributed by atoms with Gasteiger partial charge in [-0.15, -0.1) is 0 Å². The van der Waals surface area contributed by atoms with Crippen LogP contribution >= 0.6 is 11.3 Å². The van der Waals surface area contributed by atoms with Crippen LogP contribution < -0.4 is 5.32 Å². The molecular weight excluding hydrogens is 392 g/mol. The van der Waals surface area contributed by atoms with Crippen LogP contribution in [-0.4, -0.2) is 24.6 Å². The van der Waals surface area contributed by atoms with Gasteiger partial charge in [0.05, 0.1) is 16.6 Å². The third kappa shape index (κ3) is 4.85. The van der Waals surface area contributed by atoms with Crippen LogP contribution in [0.15, 0.2) is 64.4 Å². The molecule has 0 aliphatic heterocycles. The second-order valence-electron chi connectivity index (χ2n) is 6.79. The smallest absolute Gasteiger partial charge is 0.224 e. The fraction of sp³-hybridized carbons (Fsp3) is 0.238. The number of benzene rings is 1. The fourth-order valence-electron chi connectivity index (χ4n) is 2.69. The summed E-state index contributed by atoms with van der Waals surface area (Å²) in [6, 6.07) is 10.5. The zero-order chi connectivity index (χ0) is 20.1. The van der Waals surface area contributed by atoms with Gasteiger partial charge >= 0.3 is 0 Å². The number of carbonyl (C=O) groups is 1. The highest BCUT2D eigenvalue weighted by atomic mass is 32.2. The lowest BCUT2D eigenvalue weighted by Crippen LogP contribution is -2.24. The molecule has 3 aromatic rings. The molecule has 2 aromatic heterocycles. The van der Waals surface area contributed by atoms with E-state index in [1.54, 1.807) is 61.8 Å². The number of sulfone groups is 1. The summed E-state index contributed by atoms with van der Waals surface area (Å²) in [5, 5.41) is 6.49. The van der Waals surface area contributed by atoms with Crippen molar-refractivity contribution in [2.24, 2.45) is 0 Å². The number of thiophene rings is 1. The van der Waals surface area contributed by atoms with E-state index in [2.05, 4.69) is 15.7 Å². The van der Waals surface area contributed by atoms with Crippen LogP contribution in [0.5, 0.6) is 0 Å². The number of rotatable bonds is 7. The molecule has 0 atom stereocenters. The molecule has 3 rings (SSSR count). The Kier molecular flexibility index (Phi) is 6.26. The first-order chi connectivity index (χ1) is 13.4. The van der Waals surface area contributed by atoms with Crippen LogP contribution in [0.4, 0.5) is 0 Å². The average Bonchev–Trinajstić information content (AvgIpc) is 3.22. The highest BCUT2D eigenvalue weighted by molar-refractivity contribution is 7.92. The van der Waals surface area contributed by atoms with E-state index in [9.17, 15) is 13.2 Å². The summed E-state index contributed by atoms with van der Waals surface area (Å²) in [5.41, 5.74) is 3.83. The van der Waals surface area contributed by atoms with Gasteiger partial charge < -0.3 is 5.32 Å². The SMILES string of the molecule is CC(C)S(=O)(=O)c1ccc(CC(=O)NCc2cncc(-c3ccsc3)c2)cc1. The highest BCUT2D eigenvalue weighted by Gasteiger charge is 2.18. The lowest BCUT2D eigenvalue weighted by Gasteiger charge is -2.09. The Morgan fingerprint density at radius 3 is 2.46 bits per heavy atom. The average molecular weight is 415 g/mol. The number of nitrogens with one attached hydrogen (secondary N) is 1. The molecule has 0 unspecified atom stereocenters. The minimum Gasteiger partial charge on any atom is -0.352 e. The molecule has 0 aliphatic rings. The van der Waals surface area contributed by atoms with Crippen molar-refractivity contribution in [3.8, 4) is 11.1 Å². The Balaban J connectivity index is 1.58. The van der Waals surface area contributed by atoms with E-state index in [4.69, 9.17) is 0 Å². The summed E-state index contributed by atoms with van der Waals surface area (Å²) >= 11 is 1.63. The molecule has 0 saturated carbocycles. The number of pyridine rings is 1. The van der Waals surface area contributed by atoms with Gasteiger partial charge in [-0.25, -0.2) is 8.42 Å². The number of carbonyl (C=O) groups excluding carboxylic acids is 1. The van der Waals surface area contributed by atoms with Gasteiger partial charge in [0, 0.05) is 24.5 Å². The Hall–Kier alpha value is -2.51. The van der Waals surface area contributed by atoms with Gasteiger partial charge in [0.25, 0.3) is 0 Å². The highest BCUT2D eigenvalue weighted by Crippen LogP contribution is 2.22. The van der Waals surface area contributed by atoms with Crippen molar-refractivity contribution < 1.29 is 13.2 Å². The normalized spacial score (nSPS) is 11.5. The topological polar surface area (TPSA) is 76.1 Å². The summed E-state index contributed by atoms with van der Waals surface area (Å²) in [5.74, 6) is -0.125. The molecule has 0 radical (unpaired) electrons. The Morgan fingerprint density at radius 1 is 1.07 bits per heavy atom. The molecule has 7 heteroatoms. The van der Waals surface area contributed by atoms with Gasteiger partial charge in [-0.2, -0.15) is 11.3 Å². The third-order valence-corrected chi connectivity index (χ3v) is 7.23. The molecule has 146 valence electrons. The van der Waals surface area contributed by atoms with Gasteiger partial charge in [0.15, 0.2) is 9.84 Å². The molecule has 0 spiro atoms. The molecule has 1 amide bonds. The van der Waals surface area contributed by atoms with E-state index < -0.39 is 15.1 Å². The minimum absolute atomic E-state index is 0.125. The van der Waals surface area contributed by atoms with E-state index in [0.717, 1.165) is 22.3 Å². The summed E-state index contributed by atoms with van der Waals surface area (Å²) in [6.07, 6.45) is 3.74. The van der Waals surface area contributed by atoms with Crippen molar-refractivity contribution in [1.82, 2.24) is 10.3 Å². The lowest BCUT2D eigenvalue weighted by atomic mass is 10.1. The number of hydrogen-bond donors (Lipinski definition) is 1. The van der Waals surface area contributed by atoms with Crippen molar-refractivity contribution in [3.05, 3.63) is 70.7 Å². The van der Waals surface area contributed by atoms with Crippen molar-refractivity contribution in [3.63, 3.8) is 0 Å². The summed E-state index contributed by atoms with van der Waals surface area (Å²) in [6.45, 7) is 3.70. The summed E-state index contributed by atoms with van der Waals surface area (Å²) in [4.78, 5) is 16.8. The lowest BCUT2D eigenvalue weighted by molar-refractivity contribution is -0.120. The Morgan fingerprint density at radius 2 is 1.82 bits per heavy atom. The number of aromatic nitrogens is 1. The van der Waals surface area contributed by atoms with Crippen molar-refractivity contribution >= 4 is 27.1 Å². The van der Waals surface area contributed by atoms with E-state index in [0.29, 0.717) is 6.54 Å². The van der Waals surface area contributed by atoms with E-state index in [-0.39, 0.29) is 17.2 Å². The predicted molar refractivity (Wildman–Crippen MR) is 112 cm³/mol. The van der Waals surface area contributed by atoms with Crippen LogP contribution in [0, 0.1) is 0 Å². The Labute approximate surface area is 169 Å². The van der Waals surface area contributed by atoms with Crippen LogP contribution in [-0.2, 0) is 27.6 Å². The molecule has 0 aliphatic carbocycles. The quantitative estimate of drug-likeness (QED) is 0.637. The predicted octanol–water partition coefficient (Wildman–Crippen LogP) is 3.85. The maximum atomic E-state index is 12.2. The van der Waals surface area contributed by atoms with E-state index in [1.807, 2.05) is 17.5 Å². The molecule has 2 heterocycles. The van der Waals surface area contributed by atoms with Gasteiger partial charge in [0.1, 0.15) is 0 Å². The van der Waals surface area contributed by atoms with Crippen molar-refractivity contribution in [2.45, 2.75) is 37.0 Å². The first kappa shape index (κ1) is 20.2. The fourth-order valence-corrected chi connectivity index (χ4v) is 4.41. The first-order valence-corrected chi connectivity index (χ1v) is 11.4. The molecule has 1 N–H and O–H groups in total. The van der Waals surface area contributed by atoms with Crippen LogP contribution in [0.3, 0.4) is 0 Å². The molecular formula is C21H22N2O3S2. The molecule has 28 heavy (non-hydrogen) atoms. The van der Waals surface area contributed by atoms with Crippen LogP contribution in [0.1, 0.15) is 25.0 Å². The molecule has 5 nitrogen and oxygen atoms in total. The third-order valence-electron chi connectivity index (χ3n) is 4.38. The largest absolute Gasteiger partial charge is 0.352 e. The maximum Gasteiger partial charge on any atom is 0.224 e. The van der Waals surface area contributed by atoms with Crippen molar-refractivity contribution in [1.29, 1.82) is 0 Å². The van der Waals surface area contributed by atoms with E-state index >= 15 is 0 Å². The van der Waals surface area contributed by atoms with E-state index in [1.165, 1.54) is 0 Å². The molecule has 0 bridgehead atoms. The maximum absolute atomic E-state index is 12.2. The second kappa shape index (κ2) is 8.67. The van der Waals surface area contributed by atoms with Crippen LogP contribution in [0.25, 0.3) is 11.1 Å². The van der Waals surface area contributed by atoms with Gasteiger partial charge in [0.2, 0.25) is 5.91 Å². The van der Waals surface area contributed by atoms with Gasteiger partial charge in [-0.3, -0.25) is 9.78 Å². The first-order valence-electron chi connectivity index (χ1n) is 8.92. The molecule has 0 saturated heterocycles. The van der Waals surface area contributed by atoms with Gasteiger partial charge in [-0.05, 0) is 65.6 Å². The minimum atomic E-state index is -3.30. The monoisotopic (exact) mass is 414 g/mol. The zero-order valence-electron chi connectivity index (χ0n) is 15.8. The second-order valence-corrected chi connectivity index (χ2v) is 10.1. The van der Waals surface area contributed by atoms with Gasteiger partial charge in [-0.1, -0.05) is 12.1 Å². The molecule has 0 fully saturated rings. The van der Waals surface area contributed by atoms with Crippen LogP contribution in [0.2, 0.25) is 0 Å². The summed E-state index contributed by atoms with van der Waals surface area (Å²) in [7, 11) is -3.30. The Bertz CT molecular complexity index is 1040. The number of nitrogens with zero attached hydrogens (tertiary/aromatic N) is 1. The number of amides is 1. The summed E-state index contributed by atoms with van der Waals surface area (Å²) < 4.78 is 24.3. The van der Waals surface area contributed by atoms with Crippen molar-refractivity contribution in [2.75, 3.05) is 0 Å². The standard InChI is InChI=1S/C21H22N2O3S2/c1-15(2)28(25,26)20-5-3-16(4-6-20)10-21(24)23-12-17-9-19(13-22-11-17)18-7-8-27-14-18/h3-9,11,13-15H,10,12H2,1-2H3,(H,23,24). The number of hydrogen-bond acceptors (Lipinski definition) is 5.